The van der Waals surface area contributed by atoms with Gasteiger partial charge in [-0.05, 0) is 51.1 Å². The molecule has 30 heavy (non-hydrogen) atoms. The lowest BCUT2D eigenvalue weighted by atomic mass is 10.1. The van der Waals surface area contributed by atoms with E-state index in [4.69, 9.17) is 0 Å². The number of halogens is 3. The van der Waals surface area contributed by atoms with E-state index in [9.17, 15) is 18.0 Å². The molecule has 0 bridgehead atoms. The summed E-state index contributed by atoms with van der Waals surface area (Å²) in [5.41, 5.74) is 1.38. The molecule has 1 amide bonds. The average Bonchev–Trinajstić information content (AvgIpc) is 3.20. The lowest BCUT2D eigenvalue weighted by Gasteiger charge is -2.28. The summed E-state index contributed by atoms with van der Waals surface area (Å²) in [5.74, 6) is -0.440. The molecule has 158 valence electrons. The predicted molar refractivity (Wildman–Crippen MR) is 109 cm³/mol. The number of anilines is 2. The quantitative estimate of drug-likeness (QED) is 0.644. The molecule has 0 aliphatic heterocycles. The fourth-order valence-electron chi connectivity index (χ4n) is 3.00. The molecular formula is C21H22F3N5O. The Kier molecular flexibility index (Phi) is 6.09. The lowest BCUT2D eigenvalue weighted by Crippen LogP contribution is -2.38. The molecule has 0 atom stereocenters. The van der Waals surface area contributed by atoms with Crippen LogP contribution in [0.5, 0.6) is 0 Å². The van der Waals surface area contributed by atoms with E-state index in [0.29, 0.717) is 5.69 Å². The van der Waals surface area contributed by atoms with Gasteiger partial charge in [0.1, 0.15) is 12.7 Å². The van der Waals surface area contributed by atoms with Gasteiger partial charge in [0.2, 0.25) is 5.91 Å². The summed E-state index contributed by atoms with van der Waals surface area (Å²) in [6.45, 7) is 5.83. The zero-order valence-electron chi connectivity index (χ0n) is 16.8. The second kappa shape index (κ2) is 8.56. The maximum absolute atomic E-state index is 13.2. The highest BCUT2D eigenvalue weighted by Gasteiger charge is 2.31. The number of nitrogens with one attached hydrogen (secondary N) is 1. The zero-order chi connectivity index (χ0) is 21.9. The number of hydrogen-bond donors (Lipinski definition) is 1. The summed E-state index contributed by atoms with van der Waals surface area (Å²) in [6, 6.07) is 10.8. The van der Waals surface area contributed by atoms with Crippen LogP contribution >= 0.6 is 0 Å². The lowest BCUT2D eigenvalue weighted by molar-refractivity contribution is -0.137. The second-order valence-electron chi connectivity index (χ2n) is 7.18. The van der Waals surface area contributed by atoms with Gasteiger partial charge >= 0.3 is 6.18 Å². The van der Waals surface area contributed by atoms with Gasteiger partial charge < -0.3 is 10.2 Å². The van der Waals surface area contributed by atoms with Crippen LogP contribution in [0.25, 0.3) is 5.69 Å². The van der Waals surface area contributed by atoms with Gasteiger partial charge in [-0.15, -0.1) is 0 Å². The van der Waals surface area contributed by atoms with Crippen molar-refractivity contribution < 1.29 is 18.0 Å². The molecule has 3 aromatic rings. The molecule has 1 N–H and O–H groups in total. The van der Waals surface area contributed by atoms with Crippen molar-refractivity contribution in [3.63, 3.8) is 0 Å². The molecule has 2 aromatic carbocycles. The zero-order valence-corrected chi connectivity index (χ0v) is 16.8. The first-order chi connectivity index (χ1) is 14.1. The highest BCUT2D eigenvalue weighted by Crippen LogP contribution is 2.33. The Morgan fingerprint density at radius 1 is 1.17 bits per heavy atom. The Morgan fingerprint density at radius 3 is 2.43 bits per heavy atom. The third kappa shape index (κ3) is 4.97. The van der Waals surface area contributed by atoms with E-state index < -0.39 is 17.6 Å². The first-order valence-corrected chi connectivity index (χ1v) is 9.34. The maximum Gasteiger partial charge on any atom is 0.416 e. The smallest absolute Gasteiger partial charge is 0.360 e. The van der Waals surface area contributed by atoms with Crippen LogP contribution in [0.3, 0.4) is 0 Å². The molecule has 1 heterocycles. The van der Waals surface area contributed by atoms with E-state index >= 15 is 0 Å². The summed E-state index contributed by atoms with van der Waals surface area (Å²) >= 11 is 0. The number of nitrogens with zero attached hydrogens (tertiary/aromatic N) is 4. The first-order valence-electron chi connectivity index (χ1n) is 9.34. The van der Waals surface area contributed by atoms with Crippen molar-refractivity contribution in [1.82, 2.24) is 14.8 Å². The minimum Gasteiger partial charge on any atom is -0.360 e. The number of hydrogen-bond acceptors (Lipinski definition) is 4. The van der Waals surface area contributed by atoms with E-state index in [1.165, 1.54) is 23.4 Å². The highest BCUT2D eigenvalue weighted by molar-refractivity contribution is 5.96. The molecule has 0 saturated heterocycles. The van der Waals surface area contributed by atoms with Crippen molar-refractivity contribution in [2.75, 3.05) is 16.8 Å². The number of amides is 1. The largest absolute Gasteiger partial charge is 0.416 e. The van der Waals surface area contributed by atoms with Crippen LogP contribution in [-0.2, 0) is 11.0 Å². The van der Waals surface area contributed by atoms with Gasteiger partial charge in [-0.1, -0.05) is 17.7 Å². The summed E-state index contributed by atoms with van der Waals surface area (Å²) in [5, 5.41) is 6.56. The van der Waals surface area contributed by atoms with E-state index in [-0.39, 0.29) is 18.3 Å². The molecule has 0 spiro atoms. The van der Waals surface area contributed by atoms with Gasteiger partial charge in [0.05, 0.1) is 23.5 Å². The molecule has 0 aliphatic carbocycles. The molecule has 0 fully saturated rings. The predicted octanol–water partition coefficient (Wildman–Crippen LogP) is 4.45. The van der Waals surface area contributed by atoms with Crippen molar-refractivity contribution in [3.05, 3.63) is 66.2 Å². The second-order valence-corrected chi connectivity index (χ2v) is 7.18. The molecule has 1 aromatic heterocycles. The molecule has 0 saturated carbocycles. The minimum atomic E-state index is -4.54. The van der Waals surface area contributed by atoms with Gasteiger partial charge in [0, 0.05) is 11.7 Å². The van der Waals surface area contributed by atoms with Crippen LogP contribution in [0.15, 0.2) is 55.1 Å². The normalized spacial score (nSPS) is 11.6. The summed E-state index contributed by atoms with van der Waals surface area (Å²) < 4.78 is 40.9. The Bertz CT molecular complexity index is 998. The Labute approximate surface area is 172 Å². The van der Waals surface area contributed by atoms with Crippen LogP contribution in [0.4, 0.5) is 24.5 Å². The standard InChI is InChI=1S/C21H22F3N5O/c1-14(2)28(17-7-4-15(3)5-8-17)11-20(30)27-18-10-16(21(22,23)24)6-9-19(18)29-13-25-12-26-29/h4-10,12-14H,11H2,1-3H3,(H,27,30). The SMILES string of the molecule is Cc1ccc(N(CC(=O)Nc2cc(C(F)(F)F)ccc2-n2cncn2)C(C)C)cc1. The minimum absolute atomic E-state index is 0.00735. The monoisotopic (exact) mass is 417 g/mol. The Hall–Kier alpha value is -3.36. The summed E-state index contributed by atoms with van der Waals surface area (Å²) in [7, 11) is 0. The fraction of sp³-hybridized carbons (Fsp3) is 0.286. The van der Waals surface area contributed by atoms with Crippen molar-refractivity contribution in [3.8, 4) is 5.69 Å². The first kappa shape index (κ1) is 21.4. The number of carbonyl (C=O) groups is 1. The van der Waals surface area contributed by atoms with E-state index in [2.05, 4.69) is 15.4 Å². The third-order valence-corrected chi connectivity index (χ3v) is 4.57. The van der Waals surface area contributed by atoms with Gasteiger partial charge in [-0.3, -0.25) is 4.79 Å². The topological polar surface area (TPSA) is 63.1 Å². The number of alkyl halides is 3. The van der Waals surface area contributed by atoms with E-state index in [1.807, 2.05) is 49.9 Å². The molecule has 6 nitrogen and oxygen atoms in total. The number of benzene rings is 2. The molecule has 0 aliphatic rings. The Morgan fingerprint density at radius 2 is 1.87 bits per heavy atom. The number of aryl methyl sites for hydroxylation is 1. The summed E-state index contributed by atoms with van der Waals surface area (Å²) in [6.07, 6.45) is -1.92. The summed E-state index contributed by atoms with van der Waals surface area (Å²) in [4.78, 5) is 18.5. The number of aromatic nitrogens is 3. The van der Waals surface area contributed by atoms with Crippen LogP contribution < -0.4 is 10.2 Å². The van der Waals surface area contributed by atoms with Gasteiger partial charge in [0.15, 0.2) is 0 Å². The highest BCUT2D eigenvalue weighted by atomic mass is 19.4. The molecule has 0 radical (unpaired) electrons. The molecule has 0 unspecified atom stereocenters. The van der Waals surface area contributed by atoms with Gasteiger partial charge in [-0.25, -0.2) is 9.67 Å². The number of rotatable bonds is 6. The van der Waals surface area contributed by atoms with E-state index in [0.717, 1.165) is 23.4 Å². The molecule has 3 rings (SSSR count). The van der Waals surface area contributed by atoms with Crippen LogP contribution in [0, 0.1) is 6.92 Å². The van der Waals surface area contributed by atoms with Crippen LogP contribution in [0.2, 0.25) is 0 Å². The Balaban J connectivity index is 1.88. The maximum atomic E-state index is 13.2. The van der Waals surface area contributed by atoms with Crippen LogP contribution in [-0.4, -0.2) is 33.3 Å². The van der Waals surface area contributed by atoms with E-state index in [1.54, 1.807) is 0 Å². The molecular weight excluding hydrogens is 395 g/mol. The molecule has 9 heteroatoms. The van der Waals surface area contributed by atoms with Crippen LogP contribution in [0.1, 0.15) is 25.0 Å². The van der Waals surface area contributed by atoms with Gasteiger partial charge in [-0.2, -0.15) is 18.3 Å². The fourth-order valence-corrected chi connectivity index (χ4v) is 3.00. The van der Waals surface area contributed by atoms with Gasteiger partial charge in [0.25, 0.3) is 0 Å². The van der Waals surface area contributed by atoms with Crippen molar-refractivity contribution in [1.29, 1.82) is 0 Å². The van der Waals surface area contributed by atoms with Crippen molar-refractivity contribution in [2.24, 2.45) is 0 Å². The average molecular weight is 417 g/mol. The van der Waals surface area contributed by atoms with Crippen molar-refractivity contribution >= 4 is 17.3 Å². The van der Waals surface area contributed by atoms with Crippen molar-refractivity contribution in [2.45, 2.75) is 33.0 Å². The number of carbonyl (C=O) groups excluding carboxylic acids is 1. The third-order valence-electron chi connectivity index (χ3n) is 4.57.